The highest BCUT2D eigenvalue weighted by molar-refractivity contribution is 5.90. The lowest BCUT2D eigenvalue weighted by molar-refractivity contribution is -0.143. The summed E-state index contributed by atoms with van der Waals surface area (Å²) in [7, 11) is 0. The van der Waals surface area contributed by atoms with Crippen LogP contribution in [0.15, 0.2) is 30.3 Å². The largest absolute Gasteiger partial charge is 0.481 e. The third-order valence-corrected chi connectivity index (χ3v) is 3.92. The van der Waals surface area contributed by atoms with Gasteiger partial charge in [0.15, 0.2) is 0 Å². The Morgan fingerprint density at radius 2 is 1.76 bits per heavy atom. The van der Waals surface area contributed by atoms with Crippen molar-refractivity contribution in [2.45, 2.75) is 64.8 Å². The van der Waals surface area contributed by atoms with Gasteiger partial charge in [0.05, 0.1) is 0 Å². The maximum absolute atomic E-state index is 13.0. The van der Waals surface area contributed by atoms with E-state index in [9.17, 15) is 19.2 Å². The van der Waals surface area contributed by atoms with E-state index in [-0.39, 0.29) is 19.4 Å². The van der Waals surface area contributed by atoms with Crippen molar-refractivity contribution in [3.8, 4) is 0 Å². The highest BCUT2D eigenvalue weighted by Crippen LogP contribution is 2.15. The molecule has 4 N–H and O–H groups in total. The minimum Gasteiger partial charge on any atom is -0.481 e. The van der Waals surface area contributed by atoms with Crippen LogP contribution in [0.4, 0.5) is 4.79 Å². The molecular weight excluding hydrogens is 378 g/mol. The van der Waals surface area contributed by atoms with Gasteiger partial charge in [0, 0.05) is 13.0 Å². The Labute approximate surface area is 170 Å². The second-order valence-electron chi connectivity index (χ2n) is 7.67. The summed E-state index contributed by atoms with van der Waals surface area (Å²) in [5, 5.41) is 11.4. The van der Waals surface area contributed by atoms with Crippen LogP contribution >= 0.6 is 0 Å². The highest BCUT2D eigenvalue weighted by atomic mass is 16.6. The Hall–Kier alpha value is -3.10. The zero-order valence-electron chi connectivity index (χ0n) is 17.2. The number of carboxylic acid groups (broad SMARTS) is 1. The van der Waals surface area contributed by atoms with Crippen molar-refractivity contribution >= 4 is 23.9 Å². The van der Waals surface area contributed by atoms with Crippen molar-refractivity contribution in [2.75, 3.05) is 0 Å². The van der Waals surface area contributed by atoms with Gasteiger partial charge < -0.3 is 25.8 Å². The second-order valence-corrected chi connectivity index (χ2v) is 7.67. The van der Waals surface area contributed by atoms with Gasteiger partial charge in [0.25, 0.3) is 0 Å². The number of carbonyl (C=O) groups excluding carboxylic acids is 3. The van der Waals surface area contributed by atoms with Gasteiger partial charge >= 0.3 is 12.1 Å². The molecule has 1 rings (SSSR count). The average Bonchev–Trinajstić information content (AvgIpc) is 2.58. The number of carboxylic acids is 1. The molecule has 0 saturated carbocycles. The Bertz CT molecular complexity index is 729. The molecule has 1 aromatic rings. The first-order valence-electron chi connectivity index (χ1n) is 9.25. The Morgan fingerprint density at radius 1 is 1.17 bits per heavy atom. The molecule has 0 bridgehead atoms. The minimum atomic E-state index is -1.14. The molecule has 0 heterocycles. The Morgan fingerprint density at radius 3 is 2.24 bits per heavy atom. The maximum atomic E-state index is 13.0. The third kappa shape index (κ3) is 8.63. The number of primary amides is 1. The first-order chi connectivity index (χ1) is 13.4. The van der Waals surface area contributed by atoms with E-state index in [1.54, 1.807) is 51.1 Å². The highest BCUT2D eigenvalue weighted by Gasteiger charge is 2.32. The molecule has 0 saturated heterocycles. The summed E-state index contributed by atoms with van der Waals surface area (Å²) in [6.07, 6.45) is -1.25. The second kappa shape index (κ2) is 10.4. The lowest BCUT2D eigenvalue weighted by atomic mass is 10.1. The number of aliphatic carboxylic acids is 1. The number of carbonyl (C=O) groups is 4. The van der Waals surface area contributed by atoms with Crippen LogP contribution in [0, 0.1) is 0 Å². The normalized spacial score (nSPS) is 13.1. The number of nitrogens with zero attached hydrogens (tertiary/aromatic N) is 1. The zero-order valence-corrected chi connectivity index (χ0v) is 17.2. The van der Waals surface area contributed by atoms with Gasteiger partial charge in [0.1, 0.15) is 17.7 Å². The van der Waals surface area contributed by atoms with Gasteiger partial charge in [-0.05, 0) is 39.7 Å². The lowest BCUT2D eigenvalue weighted by Crippen LogP contribution is -2.54. The van der Waals surface area contributed by atoms with Gasteiger partial charge in [-0.2, -0.15) is 0 Å². The van der Waals surface area contributed by atoms with Crippen LogP contribution in [0.25, 0.3) is 0 Å². The summed E-state index contributed by atoms with van der Waals surface area (Å²) < 4.78 is 5.15. The third-order valence-electron chi connectivity index (χ3n) is 3.92. The molecule has 0 unspecified atom stereocenters. The molecule has 0 aliphatic carbocycles. The predicted molar refractivity (Wildman–Crippen MR) is 106 cm³/mol. The van der Waals surface area contributed by atoms with Crippen LogP contribution in [0.3, 0.4) is 0 Å². The van der Waals surface area contributed by atoms with Crippen LogP contribution in [-0.4, -0.2) is 51.6 Å². The standard InChI is InChI=1S/C20H29N3O6/c1-13(22-19(28)29-20(2,3)4)18(27)23(12-14-8-6-5-7-9-14)15(17(21)26)10-11-16(24)25/h5-9,13,15H,10-12H2,1-4H3,(H2,21,26)(H,22,28)(H,24,25)/t13-,15+/m0/s1. The molecule has 0 fully saturated rings. The van der Waals surface area contributed by atoms with Crippen molar-refractivity contribution in [3.63, 3.8) is 0 Å². The summed E-state index contributed by atoms with van der Waals surface area (Å²) in [4.78, 5) is 49.2. The number of hydrogen-bond acceptors (Lipinski definition) is 5. The average molecular weight is 407 g/mol. The first kappa shape index (κ1) is 23.9. The molecule has 9 nitrogen and oxygen atoms in total. The van der Waals surface area contributed by atoms with Crippen LogP contribution in [-0.2, 0) is 25.7 Å². The molecule has 0 spiro atoms. The first-order valence-corrected chi connectivity index (χ1v) is 9.25. The number of amides is 3. The molecule has 0 aliphatic heterocycles. The summed E-state index contributed by atoms with van der Waals surface area (Å²) >= 11 is 0. The molecule has 0 radical (unpaired) electrons. The molecule has 0 aromatic heterocycles. The summed E-state index contributed by atoms with van der Waals surface area (Å²) in [6, 6.07) is 6.73. The number of ether oxygens (including phenoxy) is 1. The van der Waals surface area contributed by atoms with E-state index in [1.165, 1.54) is 11.8 Å². The van der Waals surface area contributed by atoms with E-state index in [2.05, 4.69) is 5.32 Å². The fourth-order valence-electron chi connectivity index (χ4n) is 2.63. The van der Waals surface area contributed by atoms with Crippen molar-refractivity contribution < 1.29 is 29.0 Å². The van der Waals surface area contributed by atoms with Gasteiger partial charge in [-0.15, -0.1) is 0 Å². The number of nitrogens with two attached hydrogens (primary N) is 1. The molecule has 3 amide bonds. The summed E-state index contributed by atoms with van der Waals surface area (Å²) in [5.74, 6) is -2.50. The van der Waals surface area contributed by atoms with Crippen molar-refractivity contribution in [2.24, 2.45) is 5.73 Å². The monoisotopic (exact) mass is 407 g/mol. The summed E-state index contributed by atoms with van der Waals surface area (Å²) in [5.41, 5.74) is 5.45. The topological polar surface area (TPSA) is 139 Å². The number of benzene rings is 1. The minimum absolute atomic E-state index is 0.0350. The molecule has 1 aromatic carbocycles. The quantitative estimate of drug-likeness (QED) is 0.569. The SMILES string of the molecule is C[C@H](NC(=O)OC(C)(C)C)C(=O)N(Cc1ccccc1)[C@H](CCC(=O)O)C(N)=O. The van der Waals surface area contributed by atoms with Crippen molar-refractivity contribution in [1.29, 1.82) is 0 Å². The number of alkyl carbamates (subject to hydrolysis) is 1. The van der Waals surface area contributed by atoms with E-state index in [4.69, 9.17) is 15.6 Å². The molecule has 29 heavy (non-hydrogen) atoms. The fraction of sp³-hybridized carbons (Fsp3) is 0.500. The Kier molecular flexibility index (Phi) is 8.62. The van der Waals surface area contributed by atoms with Crippen LogP contribution in [0.2, 0.25) is 0 Å². The van der Waals surface area contributed by atoms with Gasteiger partial charge in [-0.25, -0.2) is 4.79 Å². The smallest absolute Gasteiger partial charge is 0.408 e. The van der Waals surface area contributed by atoms with Gasteiger partial charge in [-0.3, -0.25) is 14.4 Å². The van der Waals surface area contributed by atoms with E-state index in [0.29, 0.717) is 0 Å². The Balaban J connectivity index is 3.06. The zero-order chi connectivity index (χ0) is 22.2. The summed E-state index contributed by atoms with van der Waals surface area (Å²) in [6.45, 7) is 6.56. The molecule has 9 heteroatoms. The van der Waals surface area contributed by atoms with E-state index < -0.39 is 41.6 Å². The molecule has 2 atom stereocenters. The van der Waals surface area contributed by atoms with E-state index in [1.807, 2.05) is 0 Å². The maximum Gasteiger partial charge on any atom is 0.408 e. The number of rotatable bonds is 9. The number of hydrogen-bond donors (Lipinski definition) is 3. The van der Waals surface area contributed by atoms with Crippen molar-refractivity contribution in [1.82, 2.24) is 10.2 Å². The molecular formula is C20H29N3O6. The fourth-order valence-corrected chi connectivity index (χ4v) is 2.63. The van der Waals surface area contributed by atoms with Gasteiger partial charge in [-0.1, -0.05) is 30.3 Å². The van der Waals surface area contributed by atoms with Crippen molar-refractivity contribution in [3.05, 3.63) is 35.9 Å². The van der Waals surface area contributed by atoms with E-state index >= 15 is 0 Å². The lowest BCUT2D eigenvalue weighted by Gasteiger charge is -2.32. The predicted octanol–water partition coefficient (Wildman–Crippen LogP) is 1.65. The van der Waals surface area contributed by atoms with Gasteiger partial charge in [0.2, 0.25) is 11.8 Å². The molecule has 0 aliphatic rings. The van der Waals surface area contributed by atoms with Crippen LogP contribution < -0.4 is 11.1 Å². The van der Waals surface area contributed by atoms with Crippen LogP contribution in [0.5, 0.6) is 0 Å². The van der Waals surface area contributed by atoms with Crippen LogP contribution in [0.1, 0.15) is 46.1 Å². The van der Waals surface area contributed by atoms with E-state index in [0.717, 1.165) is 5.56 Å². The number of nitrogens with one attached hydrogen (secondary N) is 1. The molecule has 160 valence electrons.